The van der Waals surface area contributed by atoms with Gasteiger partial charge in [-0.1, -0.05) is 19.3 Å². The predicted octanol–water partition coefficient (Wildman–Crippen LogP) is 1.24. The van der Waals surface area contributed by atoms with Gasteiger partial charge in [0.2, 0.25) is 5.91 Å². The van der Waals surface area contributed by atoms with Gasteiger partial charge >= 0.3 is 6.03 Å². The van der Waals surface area contributed by atoms with Gasteiger partial charge in [0.25, 0.3) is 5.91 Å². The van der Waals surface area contributed by atoms with Crippen molar-refractivity contribution in [2.45, 2.75) is 63.2 Å². The lowest BCUT2D eigenvalue weighted by Crippen LogP contribution is -2.48. The number of hydrogen-bond donors (Lipinski definition) is 1. The summed E-state index contributed by atoms with van der Waals surface area (Å²) >= 11 is 0. The summed E-state index contributed by atoms with van der Waals surface area (Å²) in [5, 5.41) is 2.89. The Morgan fingerprint density at radius 2 is 1.74 bits per heavy atom. The minimum atomic E-state index is -0.710. The third-order valence-electron chi connectivity index (χ3n) is 6.43. The molecule has 1 N–H and O–H groups in total. The second-order valence-corrected chi connectivity index (χ2v) is 8.11. The van der Waals surface area contributed by atoms with E-state index in [0.29, 0.717) is 45.1 Å². The first-order valence-electron chi connectivity index (χ1n) is 10.2. The van der Waals surface area contributed by atoms with Gasteiger partial charge in [-0.05, 0) is 25.7 Å². The maximum Gasteiger partial charge on any atom is 0.325 e. The number of carbonyl (C=O) groups is 3. The fourth-order valence-electron chi connectivity index (χ4n) is 4.81. The second-order valence-electron chi connectivity index (χ2n) is 8.11. The lowest BCUT2D eigenvalue weighted by atomic mass is 9.82. The van der Waals surface area contributed by atoms with Crippen molar-refractivity contribution in [2.75, 3.05) is 32.8 Å². The SMILES string of the molecule is O=C(CCN1C(=O)NC2(CCCCC2)C1=O)N1CCC(C2OCCO2)CC1. The first-order valence-corrected chi connectivity index (χ1v) is 10.2. The topological polar surface area (TPSA) is 88.2 Å². The first-order chi connectivity index (χ1) is 13.1. The Labute approximate surface area is 159 Å². The molecule has 0 unspecified atom stereocenters. The third-order valence-corrected chi connectivity index (χ3v) is 6.43. The second kappa shape index (κ2) is 7.75. The molecule has 150 valence electrons. The van der Waals surface area contributed by atoms with Gasteiger partial charge < -0.3 is 19.7 Å². The number of nitrogens with zero attached hydrogens (tertiary/aromatic N) is 2. The van der Waals surface area contributed by atoms with E-state index in [1.807, 2.05) is 4.90 Å². The number of imide groups is 1. The summed E-state index contributed by atoms with van der Waals surface area (Å²) in [6.45, 7) is 2.82. The maximum atomic E-state index is 12.8. The van der Waals surface area contributed by atoms with Crippen molar-refractivity contribution < 1.29 is 23.9 Å². The number of rotatable bonds is 4. The number of carbonyl (C=O) groups excluding carboxylic acids is 3. The van der Waals surface area contributed by atoms with Gasteiger partial charge in [0, 0.05) is 32.0 Å². The van der Waals surface area contributed by atoms with E-state index in [9.17, 15) is 14.4 Å². The summed E-state index contributed by atoms with van der Waals surface area (Å²) in [5.41, 5.74) is -0.710. The minimum absolute atomic E-state index is 0.00639. The number of amides is 4. The average Bonchev–Trinajstić information content (AvgIpc) is 3.30. The number of hydrogen-bond acceptors (Lipinski definition) is 5. The summed E-state index contributed by atoms with van der Waals surface area (Å²) in [7, 11) is 0. The van der Waals surface area contributed by atoms with E-state index in [0.717, 1.165) is 32.1 Å². The number of nitrogens with one attached hydrogen (secondary N) is 1. The molecule has 4 fully saturated rings. The molecule has 0 bridgehead atoms. The van der Waals surface area contributed by atoms with Crippen LogP contribution in [0.25, 0.3) is 0 Å². The Balaban J connectivity index is 1.26. The Morgan fingerprint density at radius 1 is 1.07 bits per heavy atom. The van der Waals surface area contributed by atoms with Crippen LogP contribution in [-0.4, -0.2) is 72.3 Å². The van der Waals surface area contributed by atoms with Crippen LogP contribution in [-0.2, 0) is 19.1 Å². The number of urea groups is 1. The van der Waals surface area contributed by atoms with E-state index < -0.39 is 5.54 Å². The Bertz CT molecular complexity index is 590. The van der Waals surface area contributed by atoms with Crippen LogP contribution in [0.3, 0.4) is 0 Å². The summed E-state index contributed by atoms with van der Waals surface area (Å²) < 4.78 is 11.1. The van der Waals surface area contributed by atoms with Crippen molar-refractivity contribution in [1.82, 2.24) is 15.1 Å². The van der Waals surface area contributed by atoms with Gasteiger partial charge in [0.1, 0.15) is 5.54 Å². The van der Waals surface area contributed by atoms with E-state index in [2.05, 4.69) is 5.32 Å². The summed E-state index contributed by atoms with van der Waals surface area (Å²) in [6, 6.07) is -0.344. The lowest BCUT2D eigenvalue weighted by Gasteiger charge is -2.34. The van der Waals surface area contributed by atoms with Crippen LogP contribution in [0.2, 0.25) is 0 Å². The molecule has 1 saturated carbocycles. The Morgan fingerprint density at radius 3 is 2.41 bits per heavy atom. The van der Waals surface area contributed by atoms with Crippen LogP contribution in [0, 0.1) is 5.92 Å². The number of ether oxygens (including phenoxy) is 2. The number of likely N-dealkylation sites (tertiary alicyclic amines) is 1. The molecule has 27 heavy (non-hydrogen) atoms. The van der Waals surface area contributed by atoms with Gasteiger partial charge in [0.05, 0.1) is 13.2 Å². The summed E-state index contributed by atoms with van der Waals surface area (Å²) in [6.07, 6.45) is 6.24. The molecular weight excluding hydrogens is 350 g/mol. The molecule has 0 aromatic rings. The van der Waals surface area contributed by atoms with Crippen molar-refractivity contribution >= 4 is 17.8 Å². The van der Waals surface area contributed by atoms with Gasteiger partial charge in [-0.25, -0.2) is 4.79 Å². The highest BCUT2D eigenvalue weighted by Gasteiger charge is 2.51. The van der Waals surface area contributed by atoms with Crippen LogP contribution in [0.5, 0.6) is 0 Å². The average molecular weight is 379 g/mol. The normalized spacial score (nSPS) is 26.8. The molecule has 0 aromatic heterocycles. The molecule has 0 atom stereocenters. The molecule has 0 aromatic carbocycles. The zero-order valence-electron chi connectivity index (χ0n) is 15.8. The molecule has 0 radical (unpaired) electrons. The van der Waals surface area contributed by atoms with Crippen molar-refractivity contribution in [2.24, 2.45) is 5.92 Å². The fraction of sp³-hybridized carbons (Fsp3) is 0.842. The Hall–Kier alpha value is -1.67. The first kappa shape index (κ1) is 18.7. The van der Waals surface area contributed by atoms with E-state index >= 15 is 0 Å². The van der Waals surface area contributed by atoms with Crippen LogP contribution in [0.15, 0.2) is 0 Å². The number of piperidine rings is 1. The zero-order chi connectivity index (χ0) is 18.9. The van der Waals surface area contributed by atoms with Crippen LogP contribution < -0.4 is 5.32 Å². The van der Waals surface area contributed by atoms with E-state index in [1.165, 1.54) is 4.90 Å². The van der Waals surface area contributed by atoms with Crippen molar-refractivity contribution in [3.63, 3.8) is 0 Å². The quantitative estimate of drug-likeness (QED) is 0.743. The summed E-state index contributed by atoms with van der Waals surface area (Å²) in [5.74, 6) is 0.204. The standard InChI is InChI=1S/C19H29N3O5/c23-15(21-9-4-14(5-10-21)16-26-12-13-27-16)6-11-22-17(24)19(20-18(22)25)7-2-1-3-8-19/h14,16H,1-13H2,(H,20,25). The molecule has 8 nitrogen and oxygen atoms in total. The lowest BCUT2D eigenvalue weighted by molar-refractivity contribution is -0.138. The van der Waals surface area contributed by atoms with Gasteiger partial charge in [-0.2, -0.15) is 0 Å². The molecule has 1 spiro atoms. The van der Waals surface area contributed by atoms with Crippen molar-refractivity contribution in [1.29, 1.82) is 0 Å². The summed E-state index contributed by atoms with van der Waals surface area (Å²) in [4.78, 5) is 40.7. The molecule has 8 heteroatoms. The zero-order valence-corrected chi connectivity index (χ0v) is 15.8. The molecule has 4 rings (SSSR count). The Kier molecular flexibility index (Phi) is 5.36. The highest BCUT2D eigenvalue weighted by atomic mass is 16.7. The maximum absolute atomic E-state index is 12.8. The highest BCUT2D eigenvalue weighted by molar-refractivity contribution is 6.07. The van der Waals surface area contributed by atoms with E-state index in [1.54, 1.807) is 0 Å². The third kappa shape index (κ3) is 3.69. The minimum Gasteiger partial charge on any atom is -0.350 e. The van der Waals surface area contributed by atoms with Gasteiger partial charge in [-0.15, -0.1) is 0 Å². The molecule has 4 amide bonds. The smallest absolute Gasteiger partial charge is 0.325 e. The highest BCUT2D eigenvalue weighted by Crippen LogP contribution is 2.33. The molecular formula is C19H29N3O5. The molecule has 1 aliphatic carbocycles. The monoisotopic (exact) mass is 379 g/mol. The molecule has 3 saturated heterocycles. The van der Waals surface area contributed by atoms with E-state index in [-0.39, 0.29) is 37.1 Å². The van der Waals surface area contributed by atoms with Crippen LogP contribution in [0.4, 0.5) is 4.79 Å². The molecule has 4 aliphatic rings. The van der Waals surface area contributed by atoms with Gasteiger partial charge in [0.15, 0.2) is 6.29 Å². The van der Waals surface area contributed by atoms with Crippen LogP contribution in [0.1, 0.15) is 51.4 Å². The predicted molar refractivity (Wildman–Crippen MR) is 95.7 cm³/mol. The van der Waals surface area contributed by atoms with Crippen LogP contribution >= 0.6 is 0 Å². The van der Waals surface area contributed by atoms with Crippen molar-refractivity contribution in [3.05, 3.63) is 0 Å². The van der Waals surface area contributed by atoms with Crippen molar-refractivity contribution in [3.8, 4) is 0 Å². The van der Waals surface area contributed by atoms with E-state index in [4.69, 9.17) is 9.47 Å². The largest absolute Gasteiger partial charge is 0.350 e. The molecule has 3 aliphatic heterocycles. The molecule has 3 heterocycles. The fourth-order valence-corrected chi connectivity index (χ4v) is 4.81. The van der Waals surface area contributed by atoms with Gasteiger partial charge in [-0.3, -0.25) is 14.5 Å².